The van der Waals surface area contributed by atoms with Crippen LogP contribution in [0.5, 0.6) is 5.75 Å². The quantitative estimate of drug-likeness (QED) is 0.766. The van der Waals surface area contributed by atoms with E-state index in [-0.39, 0.29) is 6.04 Å². The Kier molecular flexibility index (Phi) is 7.50. The van der Waals surface area contributed by atoms with E-state index in [2.05, 4.69) is 33.0 Å². The van der Waals surface area contributed by atoms with Crippen molar-refractivity contribution in [3.8, 4) is 5.75 Å². The van der Waals surface area contributed by atoms with Gasteiger partial charge in [0.15, 0.2) is 0 Å². The van der Waals surface area contributed by atoms with Gasteiger partial charge in [-0.2, -0.15) is 0 Å². The Balaban J connectivity index is 2.77. The fourth-order valence-electron chi connectivity index (χ4n) is 2.76. The van der Waals surface area contributed by atoms with Gasteiger partial charge in [-0.1, -0.05) is 45.4 Å². The van der Waals surface area contributed by atoms with Crippen LogP contribution in [0.4, 0.5) is 0 Å². The average Bonchev–Trinajstić information content (AvgIpc) is 2.42. The number of methoxy groups -OCH3 is 1. The number of benzene rings is 1. The zero-order valence-corrected chi connectivity index (χ0v) is 14.6. The van der Waals surface area contributed by atoms with E-state index in [9.17, 15) is 0 Å². The average molecular weight is 313 g/mol. The third-order valence-electron chi connectivity index (χ3n) is 4.13. The zero-order chi connectivity index (χ0) is 16.0. The lowest BCUT2D eigenvalue weighted by molar-refractivity contribution is 0.266. The number of rotatable bonds is 8. The molecule has 0 radical (unpaired) electrons. The Morgan fingerprint density at radius 2 is 1.81 bits per heavy atom. The summed E-state index contributed by atoms with van der Waals surface area (Å²) in [7, 11) is 1.62. The summed E-state index contributed by atoms with van der Waals surface area (Å²) in [6, 6.07) is 5.97. The molecule has 21 heavy (non-hydrogen) atoms. The Bertz CT molecular complexity index is 427. The second kappa shape index (κ2) is 8.62. The van der Waals surface area contributed by atoms with Gasteiger partial charge in [0.25, 0.3) is 0 Å². The molecule has 0 aromatic heterocycles. The van der Waals surface area contributed by atoms with Gasteiger partial charge in [-0.05, 0) is 42.0 Å². The topological polar surface area (TPSA) is 47.3 Å². The number of hydrogen-bond donors (Lipinski definition) is 2. The van der Waals surface area contributed by atoms with Gasteiger partial charge < -0.3 is 15.8 Å². The zero-order valence-electron chi connectivity index (χ0n) is 13.8. The summed E-state index contributed by atoms with van der Waals surface area (Å²) in [4.78, 5) is 0. The first-order valence-electron chi connectivity index (χ1n) is 7.67. The minimum absolute atomic E-state index is 0.119. The van der Waals surface area contributed by atoms with Crippen LogP contribution in [0.15, 0.2) is 18.2 Å². The largest absolute Gasteiger partial charge is 0.495 e. The lowest BCUT2D eigenvalue weighted by atomic mass is 9.85. The van der Waals surface area contributed by atoms with Crippen molar-refractivity contribution in [3.63, 3.8) is 0 Å². The Morgan fingerprint density at radius 3 is 2.24 bits per heavy atom. The van der Waals surface area contributed by atoms with Crippen molar-refractivity contribution in [2.45, 2.75) is 33.7 Å². The third-order valence-corrected chi connectivity index (χ3v) is 4.42. The number of halogens is 1. The summed E-state index contributed by atoms with van der Waals surface area (Å²) in [6.07, 6.45) is 0. The van der Waals surface area contributed by atoms with Gasteiger partial charge in [0.2, 0.25) is 0 Å². The molecule has 0 heterocycles. The molecule has 0 aliphatic carbocycles. The summed E-state index contributed by atoms with van der Waals surface area (Å²) in [5.41, 5.74) is 7.03. The predicted molar refractivity (Wildman–Crippen MR) is 91.0 cm³/mol. The first-order chi connectivity index (χ1) is 9.90. The van der Waals surface area contributed by atoms with Gasteiger partial charge >= 0.3 is 0 Å². The molecule has 0 saturated carbocycles. The molecular formula is C17H29ClN2O. The minimum Gasteiger partial charge on any atom is -0.495 e. The fourth-order valence-corrected chi connectivity index (χ4v) is 3.02. The van der Waals surface area contributed by atoms with Crippen molar-refractivity contribution in [3.05, 3.63) is 28.8 Å². The standard InChI is InChI=1S/C17H29ClN2O/c1-11(2)14(12(3)4)10-20-16(9-19)13-6-7-17(21-5)15(18)8-13/h6-8,11-12,14,16,20H,9-10,19H2,1-5H3. The lowest BCUT2D eigenvalue weighted by Crippen LogP contribution is -2.35. The summed E-state index contributed by atoms with van der Waals surface area (Å²) in [5.74, 6) is 2.62. The molecular weight excluding hydrogens is 284 g/mol. The molecule has 1 aromatic carbocycles. The van der Waals surface area contributed by atoms with E-state index >= 15 is 0 Å². The van der Waals surface area contributed by atoms with E-state index in [0.29, 0.717) is 35.1 Å². The fraction of sp³-hybridized carbons (Fsp3) is 0.647. The highest BCUT2D eigenvalue weighted by Gasteiger charge is 2.19. The second-order valence-corrected chi connectivity index (χ2v) is 6.65. The number of nitrogens with two attached hydrogens (primary N) is 1. The normalized spacial score (nSPS) is 13.2. The highest BCUT2D eigenvalue weighted by atomic mass is 35.5. The van der Waals surface area contributed by atoms with Crippen molar-refractivity contribution >= 4 is 11.6 Å². The van der Waals surface area contributed by atoms with Gasteiger partial charge in [-0.25, -0.2) is 0 Å². The van der Waals surface area contributed by atoms with Crippen molar-refractivity contribution in [1.29, 1.82) is 0 Å². The maximum atomic E-state index is 6.20. The summed E-state index contributed by atoms with van der Waals surface area (Å²) in [6.45, 7) is 10.6. The van der Waals surface area contributed by atoms with Gasteiger partial charge in [-0.3, -0.25) is 0 Å². The Morgan fingerprint density at radius 1 is 1.19 bits per heavy atom. The van der Waals surface area contributed by atoms with Crippen molar-refractivity contribution in [2.75, 3.05) is 20.2 Å². The molecule has 0 amide bonds. The van der Waals surface area contributed by atoms with Crippen LogP contribution in [0.3, 0.4) is 0 Å². The molecule has 3 nitrogen and oxygen atoms in total. The molecule has 1 aromatic rings. The smallest absolute Gasteiger partial charge is 0.137 e. The van der Waals surface area contributed by atoms with Gasteiger partial charge in [0.05, 0.1) is 12.1 Å². The van der Waals surface area contributed by atoms with Gasteiger partial charge in [0, 0.05) is 12.6 Å². The van der Waals surface area contributed by atoms with Crippen LogP contribution >= 0.6 is 11.6 Å². The van der Waals surface area contributed by atoms with Crippen molar-refractivity contribution in [1.82, 2.24) is 5.32 Å². The monoisotopic (exact) mass is 312 g/mol. The molecule has 0 aliphatic rings. The number of nitrogens with one attached hydrogen (secondary N) is 1. The lowest BCUT2D eigenvalue weighted by Gasteiger charge is -2.28. The SMILES string of the molecule is COc1ccc(C(CN)NCC(C(C)C)C(C)C)cc1Cl. The minimum atomic E-state index is 0.119. The molecule has 3 N–H and O–H groups in total. The van der Waals surface area contributed by atoms with E-state index in [1.54, 1.807) is 7.11 Å². The highest BCUT2D eigenvalue weighted by molar-refractivity contribution is 6.32. The van der Waals surface area contributed by atoms with Crippen LogP contribution in [-0.4, -0.2) is 20.2 Å². The molecule has 0 saturated heterocycles. The van der Waals surface area contributed by atoms with E-state index in [0.717, 1.165) is 12.1 Å². The van der Waals surface area contributed by atoms with E-state index < -0.39 is 0 Å². The molecule has 120 valence electrons. The van der Waals surface area contributed by atoms with E-state index in [4.69, 9.17) is 22.1 Å². The molecule has 4 heteroatoms. The third kappa shape index (κ3) is 5.17. The molecule has 1 rings (SSSR count). The maximum absolute atomic E-state index is 6.20. The van der Waals surface area contributed by atoms with Crippen LogP contribution in [0, 0.1) is 17.8 Å². The van der Waals surface area contributed by atoms with Crippen LogP contribution in [0.25, 0.3) is 0 Å². The maximum Gasteiger partial charge on any atom is 0.137 e. The van der Waals surface area contributed by atoms with E-state index in [1.807, 2.05) is 18.2 Å². The first kappa shape index (κ1) is 18.3. The molecule has 0 bridgehead atoms. The predicted octanol–water partition coefficient (Wildman–Crippen LogP) is 3.87. The number of ether oxygens (including phenoxy) is 1. The van der Waals surface area contributed by atoms with Gasteiger partial charge in [-0.15, -0.1) is 0 Å². The van der Waals surface area contributed by atoms with Gasteiger partial charge in [0.1, 0.15) is 5.75 Å². The summed E-state index contributed by atoms with van der Waals surface area (Å²) in [5, 5.41) is 4.21. The first-order valence-corrected chi connectivity index (χ1v) is 8.05. The second-order valence-electron chi connectivity index (χ2n) is 6.24. The molecule has 1 unspecified atom stereocenters. The number of hydrogen-bond acceptors (Lipinski definition) is 3. The highest BCUT2D eigenvalue weighted by Crippen LogP contribution is 2.28. The van der Waals surface area contributed by atoms with Crippen LogP contribution in [0.1, 0.15) is 39.3 Å². The van der Waals surface area contributed by atoms with Crippen molar-refractivity contribution in [2.24, 2.45) is 23.5 Å². The molecule has 0 fully saturated rings. The molecule has 0 aliphatic heterocycles. The molecule has 1 atom stereocenters. The summed E-state index contributed by atoms with van der Waals surface area (Å²) < 4.78 is 5.19. The Labute approximate surface area is 134 Å². The Hall–Kier alpha value is -0.770. The summed E-state index contributed by atoms with van der Waals surface area (Å²) >= 11 is 6.20. The van der Waals surface area contributed by atoms with Crippen LogP contribution in [0.2, 0.25) is 5.02 Å². The van der Waals surface area contributed by atoms with Crippen LogP contribution < -0.4 is 15.8 Å². The van der Waals surface area contributed by atoms with Crippen LogP contribution in [-0.2, 0) is 0 Å². The van der Waals surface area contributed by atoms with Crippen molar-refractivity contribution < 1.29 is 4.74 Å². The van der Waals surface area contributed by atoms with E-state index in [1.165, 1.54) is 0 Å². The molecule has 0 spiro atoms.